The molecule has 2 atom stereocenters. The van der Waals surface area contributed by atoms with E-state index in [9.17, 15) is 19.3 Å². The predicted molar refractivity (Wildman–Crippen MR) is 71.3 cm³/mol. The van der Waals surface area contributed by atoms with Gasteiger partial charge in [-0.25, -0.2) is 4.39 Å². The summed E-state index contributed by atoms with van der Waals surface area (Å²) in [6, 6.07) is 1.73. The second-order valence-electron chi connectivity index (χ2n) is 5.32. The largest absolute Gasteiger partial charge is 0.396 e. The number of nitrogen functional groups attached to an aromatic ring is 1. The van der Waals surface area contributed by atoms with Gasteiger partial charge in [-0.3, -0.25) is 14.9 Å². The summed E-state index contributed by atoms with van der Waals surface area (Å²) >= 11 is 0. The SMILES string of the molecule is Nc1cc(C(=O)N2CC3CCC(C2)O3)c([N+](=O)[O-])cc1F. The van der Waals surface area contributed by atoms with Gasteiger partial charge in [0.25, 0.3) is 11.6 Å². The Hall–Kier alpha value is -2.22. The van der Waals surface area contributed by atoms with Gasteiger partial charge in [0.1, 0.15) is 5.56 Å². The third-order valence-electron chi connectivity index (χ3n) is 3.87. The summed E-state index contributed by atoms with van der Waals surface area (Å²) in [5, 5.41) is 11.0. The highest BCUT2D eigenvalue weighted by atomic mass is 19.1. The molecule has 1 aromatic carbocycles. The molecule has 0 saturated carbocycles. The highest BCUT2D eigenvalue weighted by Gasteiger charge is 2.37. The first-order valence-electron chi connectivity index (χ1n) is 6.64. The van der Waals surface area contributed by atoms with Crippen LogP contribution in [0, 0.1) is 15.9 Å². The lowest BCUT2D eigenvalue weighted by molar-refractivity contribution is -0.385. The Morgan fingerprint density at radius 3 is 2.57 bits per heavy atom. The van der Waals surface area contributed by atoms with E-state index in [-0.39, 0.29) is 23.5 Å². The number of hydrogen-bond acceptors (Lipinski definition) is 5. The Bertz CT molecular complexity index is 610. The van der Waals surface area contributed by atoms with Crippen LogP contribution in [0.15, 0.2) is 12.1 Å². The lowest BCUT2D eigenvalue weighted by Gasteiger charge is -2.32. The Labute approximate surface area is 119 Å². The smallest absolute Gasteiger partial charge is 0.285 e. The Kier molecular flexibility index (Phi) is 3.25. The molecule has 0 spiro atoms. The van der Waals surface area contributed by atoms with Crippen molar-refractivity contribution >= 4 is 17.3 Å². The number of halogens is 1. The Morgan fingerprint density at radius 1 is 1.38 bits per heavy atom. The van der Waals surface area contributed by atoms with Crippen LogP contribution in [0.3, 0.4) is 0 Å². The number of carbonyl (C=O) groups excluding carboxylic acids is 1. The topological polar surface area (TPSA) is 98.7 Å². The average molecular weight is 295 g/mol. The molecule has 2 unspecified atom stereocenters. The quantitative estimate of drug-likeness (QED) is 0.504. The number of carbonyl (C=O) groups is 1. The molecule has 2 aliphatic rings. The molecular weight excluding hydrogens is 281 g/mol. The van der Waals surface area contributed by atoms with Crippen molar-refractivity contribution < 1.29 is 18.8 Å². The van der Waals surface area contributed by atoms with Crippen molar-refractivity contribution in [3.05, 3.63) is 33.6 Å². The van der Waals surface area contributed by atoms with Crippen LogP contribution in [0.5, 0.6) is 0 Å². The maximum absolute atomic E-state index is 13.4. The third kappa shape index (κ3) is 2.42. The van der Waals surface area contributed by atoms with Crippen LogP contribution in [0.25, 0.3) is 0 Å². The van der Waals surface area contributed by atoms with Gasteiger partial charge in [-0.15, -0.1) is 0 Å². The van der Waals surface area contributed by atoms with Crippen LogP contribution in [0.2, 0.25) is 0 Å². The van der Waals surface area contributed by atoms with E-state index in [2.05, 4.69) is 0 Å². The molecule has 2 saturated heterocycles. The molecule has 0 radical (unpaired) electrons. The lowest BCUT2D eigenvalue weighted by Crippen LogP contribution is -2.46. The van der Waals surface area contributed by atoms with Gasteiger partial charge in [0, 0.05) is 13.1 Å². The van der Waals surface area contributed by atoms with Gasteiger partial charge >= 0.3 is 0 Å². The number of likely N-dealkylation sites (tertiary alicyclic amines) is 1. The Morgan fingerprint density at radius 2 is 2.00 bits per heavy atom. The van der Waals surface area contributed by atoms with E-state index >= 15 is 0 Å². The van der Waals surface area contributed by atoms with Crippen molar-refractivity contribution in [2.75, 3.05) is 18.8 Å². The van der Waals surface area contributed by atoms with E-state index in [1.807, 2.05) is 0 Å². The zero-order valence-corrected chi connectivity index (χ0v) is 11.1. The van der Waals surface area contributed by atoms with E-state index < -0.39 is 22.3 Å². The first kappa shape index (κ1) is 13.7. The van der Waals surface area contributed by atoms with Crippen LogP contribution in [0.4, 0.5) is 15.8 Å². The summed E-state index contributed by atoms with van der Waals surface area (Å²) in [5.41, 5.74) is 4.41. The van der Waals surface area contributed by atoms with Crippen molar-refractivity contribution in [1.82, 2.24) is 4.90 Å². The minimum atomic E-state index is -0.903. The van der Waals surface area contributed by atoms with E-state index in [1.165, 1.54) is 4.90 Å². The third-order valence-corrected chi connectivity index (χ3v) is 3.87. The second-order valence-corrected chi connectivity index (χ2v) is 5.32. The average Bonchev–Trinajstić information content (AvgIpc) is 2.79. The fourth-order valence-electron chi connectivity index (χ4n) is 2.85. The summed E-state index contributed by atoms with van der Waals surface area (Å²) in [6.07, 6.45) is 1.71. The second kappa shape index (κ2) is 4.96. The van der Waals surface area contributed by atoms with Crippen molar-refractivity contribution in [3.8, 4) is 0 Å². The molecular formula is C13H14FN3O4. The van der Waals surface area contributed by atoms with Crippen LogP contribution in [-0.2, 0) is 4.74 Å². The lowest BCUT2D eigenvalue weighted by atomic mass is 10.1. The minimum Gasteiger partial charge on any atom is -0.396 e. The first-order chi connectivity index (χ1) is 9.95. The number of nitro benzene ring substituents is 1. The van der Waals surface area contributed by atoms with Gasteiger partial charge in [-0.05, 0) is 18.9 Å². The van der Waals surface area contributed by atoms with Crippen molar-refractivity contribution in [3.63, 3.8) is 0 Å². The zero-order chi connectivity index (χ0) is 15.1. The van der Waals surface area contributed by atoms with Gasteiger partial charge in [-0.1, -0.05) is 0 Å². The van der Waals surface area contributed by atoms with Crippen LogP contribution in [-0.4, -0.2) is 41.0 Å². The zero-order valence-electron chi connectivity index (χ0n) is 11.1. The summed E-state index contributed by atoms with van der Waals surface area (Å²) < 4.78 is 19.0. The summed E-state index contributed by atoms with van der Waals surface area (Å²) in [7, 11) is 0. The Balaban J connectivity index is 1.94. The molecule has 2 fully saturated rings. The monoisotopic (exact) mass is 295 g/mol. The number of nitro groups is 1. The number of ether oxygens (including phenoxy) is 1. The fraction of sp³-hybridized carbons (Fsp3) is 0.462. The van der Waals surface area contributed by atoms with Crippen LogP contribution in [0.1, 0.15) is 23.2 Å². The van der Waals surface area contributed by atoms with Crippen LogP contribution >= 0.6 is 0 Å². The molecule has 2 bridgehead atoms. The van der Waals surface area contributed by atoms with Crippen molar-refractivity contribution in [2.24, 2.45) is 0 Å². The highest BCUT2D eigenvalue weighted by Crippen LogP contribution is 2.30. The predicted octanol–water partition coefficient (Wildman–Crippen LogP) is 1.32. The molecule has 1 aromatic rings. The van der Waals surface area contributed by atoms with E-state index in [0.29, 0.717) is 19.2 Å². The molecule has 8 heteroatoms. The molecule has 3 rings (SSSR count). The number of nitrogens with two attached hydrogens (primary N) is 1. The molecule has 0 aliphatic carbocycles. The number of amides is 1. The van der Waals surface area contributed by atoms with Gasteiger partial charge in [-0.2, -0.15) is 0 Å². The molecule has 112 valence electrons. The number of fused-ring (bicyclic) bond motifs is 2. The molecule has 2 heterocycles. The van der Waals surface area contributed by atoms with Crippen LogP contribution < -0.4 is 5.73 Å². The van der Waals surface area contributed by atoms with E-state index in [0.717, 1.165) is 18.9 Å². The number of benzene rings is 1. The van der Waals surface area contributed by atoms with Gasteiger partial charge in [0.15, 0.2) is 5.82 Å². The number of morpholine rings is 1. The number of nitrogens with zero attached hydrogens (tertiary/aromatic N) is 2. The van der Waals surface area contributed by atoms with Crippen molar-refractivity contribution in [2.45, 2.75) is 25.0 Å². The van der Waals surface area contributed by atoms with Gasteiger partial charge in [0.2, 0.25) is 0 Å². The fourth-order valence-corrected chi connectivity index (χ4v) is 2.85. The minimum absolute atomic E-state index is 0.0236. The molecule has 2 aliphatic heterocycles. The standard InChI is InChI=1S/C13H14FN3O4/c14-10-4-12(17(19)20)9(3-11(10)15)13(18)16-5-7-1-2-8(6-16)21-7/h3-4,7-8H,1-2,5-6,15H2. The molecule has 21 heavy (non-hydrogen) atoms. The normalized spacial score (nSPS) is 24.1. The number of anilines is 1. The molecule has 2 N–H and O–H groups in total. The molecule has 1 amide bonds. The summed E-state index contributed by atoms with van der Waals surface area (Å²) in [4.78, 5) is 24.3. The van der Waals surface area contributed by atoms with Crippen molar-refractivity contribution in [1.29, 1.82) is 0 Å². The van der Waals surface area contributed by atoms with E-state index in [4.69, 9.17) is 10.5 Å². The number of rotatable bonds is 2. The summed E-state index contributed by atoms with van der Waals surface area (Å²) in [5.74, 6) is -1.41. The number of hydrogen-bond donors (Lipinski definition) is 1. The maximum Gasteiger partial charge on any atom is 0.285 e. The van der Waals surface area contributed by atoms with Gasteiger partial charge in [0.05, 0.1) is 28.9 Å². The van der Waals surface area contributed by atoms with Gasteiger partial charge < -0.3 is 15.4 Å². The first-order valence-corrected chi connectivity index (χ1v) is 6.64. The molecule has 7 nitrogen and oxygen atoms in total. The molecule has 0 aromatic heterocycles. The highest BCUT2D eigenvalue weighted by molar-refractivity contribution is 5.99. The van der Waals surface area contributed by atoms with E-state index in [1.54, 1.807) is 0 Å². The summed E-state index contributed by atoms with van der Waals surface area (Å²) in [6.45, 7) is 0.785. The maximum atomic E-state index is 13.4.